The van der Waals surface area contributed by atoms with Crippen molar-refractivity contribution in [1.82, 2.24) is 4.90 Å². The summed E-state index contributed by atoms with van der Waals surface area (Å²) in [5.41, 5.74) is 6.60. The minimum Gasteiger partial charge on any atom is -0.369 e. The first-order valence-corrected chi connectivity index (χ1v) is 10.3. The third-order valence-corrected chi connectivity index (χ3v) is 5.51. The third-order valence-electron chi connectivity index (χ3n) is 5.51. The summed E-state index contributed by atoms with van der Waals surface area (Å²) in [6, 6.07) is 6.46. The van der Waals surface area contributed by atoms with Crippen LogP contribution in [-0.2, 0) is 9.59 Å². The molecule has 1 heterocycles. The summed E-state index contributed by atoms with van der Waals surface area (Å²) in [5.74, 6) is -0.889. The number of hydrogen-bond acceptors (Lipinski definition) is 5. The highest BCUT2D eigenvalue weighted by molar-refractivity contribution is 5.87. The van der Waals surface area contributed by atoms with Gasteiger partial charge in [-0.25, -0.2) is 0 Å². The maximum Gasteiger partial charge on any atom is 0.269 e. The maximum atomic E-state index is 13.2. The molecule has 0 bridgehead atoms. The minimum atomic E-state index is -0.428. The van der Waals surface area contributed by atoms with E-state index in [0.29, 0.717) is 44.9 Å². The predicted octanol–water partition coefficient (Wildman–Crippen LogP) is 2.81. The standard InChI is InChI=1S/C21H32N4O4/c1-4-5-18(20(22)26)19(14-15(2)3)21(27)24-12-10-23(11-13-24)16-6-8-17(9-7-16)25(28)29/h6-9,15,18-19H,4-5,10-14H2,1-3H3,(H2,22,26). The molecular formula is C21H32N4O4. The van der Waals surface area contributed by atoms with Crippen molar-refractivity contribution < 1.29 is 14.5 Å². The Labute approximate surface area is 172 Å². The molecule has 2 unspecified atom stereocenters. The molecule has 1 aromatic rings. The van der Waals surface area contributed by atoms with E-state index >= 15 is 0 Å². The number of anilines is 1. The van der Waals surface area contributed by atoms with Crippen LogP contribution in [0.4, 0.5) is 11.4 Å². The van der Waals surface area contributed by atoms with Crippen LogP contribution in [-0.4, -0.2) is 47.8 Å². The van der Waals surface area contributed by atoms with Crippen molar-refractivity contribution in [2.45, 2.75) is 40.0 Å². The van der Waals surface area contributed by atoms with Crippen molar-refractivity contribution in [2.24, 2.45) is 23.5 Å². The molecule has 0 spiro atoms. The van der Waals surface area contributed by atoms with Gasteiger partial charge >= 0.3 is 0 Å². The van der Waals surface area contributed by atoms with Crippen molar-refractivity contribution in [3.8, 4) is 0 Å². The van der Waals surface area contributed by atoms with Crippen LogP contribution in [0, 0.1) is 27.9 Å². The van der Waals surface area contributed by atoms with E-state index in [1.54, 1.807) is 12.1 Å². The zero-order chi connectivity index (χ0) is 21.6. The second-order valence-corrected chi connectivity index (χ2v) is 8.12. The average molecular weight is 405 g/mol. The molecule has 1 saturated heterocycles. The van der Waals surface area contributed by atoms with Gasteiger partial charge in [-0.3, -0.25) is 19.7 Å². The van der Waals surface area contributed by atoms with Gasteiger partial charge in [0.15, 0.2) is 0 Å². The monoisotopic (exact) mass is 404 g/mol. The van der Waals surface area contributed by atoms with Gasteiger partial charge in [-0.1, -0.05) is 27.2 Å². The number of hydrogen-bond donors (Lipinski definition) is 1. The predicted molar refractivity (Wildman–Crippen MR) is 112 cm³/mol. The van der Waals surface area contributed by atoms with Crippen molar-refractivity contribution in [3.05, 3.63) is 34.4 Å². The molecule has 1 aromatic carbocycles. The van der Waals surface area contributed by atoms with E-state index in [1.807, 2.05) is 11.8 Å². The van der Waals surface area contributed by atoms with Crippen LogP contribution in [0.1, 0.15) is 40.0 Å². The molecule has 0 aromatic heterocycles. The highest BCUT2D eigenvalue weighted by Gasteiger charge is 2.36. The number of carbonyl (C=O) groups excluding carboxylic acids is 2. The first kappa shape index (κ1) is 22.6. The molecule has 8 nitrogen and oxygen atoms in total. The Morgan fingerprint density at radius 1 is 1.10 bits per heavy atom. The summed E-state index contributed by atoms with van der Waals surface area (Å²) < 4.78 is 0. The number of nitro benzene ring substituents is 1. The molecule has 160 valence electrons. The van der Waals surface area contributed by atoms with Crippen molar-refractivity contribution in [1.29, 1.82) is 0 Å². The van der Waals surface area contributed by atoms with Gasteiger partial charge in [-0.2, -0.15) is 0 Å². The summed E-state index contributed by atoms with van der Waals surface area (Å²) >= 11 is 0. The Bertz CT molecular complexity index is 712. The minimum absolute atomic E-state index is 0.0132. The smallest absolute Gasteiger partial charge is 0.269 e. The van der Waals surface area contributed by atoms with Gasteiger partial charge in [-0.15, -0.1) is 0 Å². The largest absolute Gasteiger partial charge is 0.369 e. The number of amides is 2. The molecule has 8 heteroatoms. The van der Waals surface area contributed by atoms with E-state index in [9.17, 15) is 19.7 Å². The second kappa shape index (κ2) is 10.2. The number of nitrogens with two attached hydrogens (primary N) is 1. The number of primary amides is 1. The molecule has 2 N–H and O–H groups in total. The summed E-state index contributed by atoms with van der Waals surface area (Å²) in [6.07, 6.45) is 2.08. The van der Waals surface area contributed by atoms with Crippen LogP contribution in [0.5, 0.6) is 0 Å². The SMILES string of the molecule is CCCC(C(N)=O)C(CC(C)C)C(=O)N1CCN(c2ccc([N+](=O)[O-])cc2)CC1. The van der Waals surface area contributed by atoms with Crippen LogP contribution < -0.4 is 10.6 Å². The Balaban J connectivity index is 2.05. The molecule has 1 aliphatic heterocycles. The number of rotatable bonds is 9. The van der Waals surface area contributed by atoms with Crippen LogP contribution in [0.3, 0.4) is 0 Å². The molecule has 0 aliphatic carbocycles. The molecule has 1 fully saturated rings. The van der Waals surface area contributed by atoms with E-state index in [4.69, 9.17) is 5.73 Å². The molecule has 29 heavy (non-hydrogen) atoms. The maximum absolute atomic E-state index is 13.2. The fourth-order valence-corrected chi connectivity index (χ4v) is 4.00. The van der Waals surface area contributed by atoms with E-state index in [0.717, 1.165) is 12.1 Å². The Kier molecular flexibility index (Phi) is 7.99. The zero-order valence-corrected chi connectivity index (χ0v) is 17.5. The number of nitro groups is 1. The Morgan fingerprint density at radius 3 is 2.14 bits per heavy atom. The van der Waals surface area contributed by atoms with Gasteiger partial charge in [-0.05, 0) is 30.9 Å². The van der Waals surface area contributed by atoms with Crippen LogP contribution in [0.15, 0.2) is 24.3 Å². The van der Waals surface area contributed by atoms with Crippen LogP contribution in [0.25, 0.3) is 0 Å². The lowest BCUT2D eigenvalue weighted by Crippen LogP contribution is -2.52. The zero-order valence-electron chi connectivity index (χ0n) is 17.5. The molecule has 1 aliphatic rings. The van der Waals surface area contributed by atoms with Gasteiger partial charge < -0.3 is 15.5 Å². The van der Waals surface area contributed by atoms with Gasteiger partial charge in [0.25, 0.3) is 5.69 Å². The molecule has 0 radical (unpaired) electrons. The highest BCUT2D eigenvalue weighted by Crippen LogP contribution is 2.28. The summed E-state index contributed by atoms with van der Waals surface area (Å²) in [5, 5.41) is 10.8. The van der Waals surface area contributed by atoms with Gasteiger partial charge in [0.2, 0.25) is 11.8 Å². The quantitative estimate of drug-likeness (QED) is 0.503. The number of piperazine rings is 1. The molecule has 2 amide bonds. The van der Waals surface area contributed by atoms with Crippen molar-refractivity contribution in [3.63, 3.8) is 0 Å². The van der Waals surface area contributed by atoms with Crippen LogP contribution in [0.2, 0.25) is 0 Å². The first-order valence-electron chi connectivity index (χ1n) is 10.3. The second-order valence-electron chi connectivity index (χ2n) is 8.12. The average Bonchev–Trinajstić information content (AvgIpc) is 2.70. The Morgan fingerprint density at radius 2 is 1.69 bits per heavy atom. The van der Waals surface area contributed by atoms with Gasteiger partial charge in [0.1, 0.15) is 0 Å². The van der Waals surface area contributed by atoms with Gasteiger partial charge in [0, 0.05) is 55.8 Å². The normalized spacial score (nSPS) is 16.6. The van der Waals surface area contributed by atoms with Crippen molar-refractivity contribution >= 4 is 23.2 Å². The van der Waals surface area contributed by atoms with E-state index < -0.39 is 16.7 Å². The van der Waals surface area contributed by atoms with Gasteiger partial charge in [0.05, 0.1) is 4.92 Å². The summed E-state index contributed by atoms with van der Waals surface area (Å²) in [4.78, 5) is 39.6. The number of non-ortho nitro benzene ring substituents is 1. The molecule has 2 atom stereocenters. The lowest BCUT2D eigenvalue weighted by Gasteiger charge is -2.39. The lowest BCUT2D eigenvalue weighted by atomic mass is 9.81. The fourth-order valence-electron chi connectivity index (χ4n) is 4.00. The van der Waals surface area contributed by atoms with E-state index in [1.165, 1.54) is 12.1 Å². The molecular weight excluding hydrogens is 372 g/mol. The lowest BCUT2D eigenvalue weighted by molar-refractivity contribution is -0.384. The fraction of sp³-hybridized carbons (Fsp3) is 0.619. The number of benzene rings is 1. The first-order chi connectivity index (χ1) is 13.7. The highest BCUT2D eigenvalue weighted by atomic mass is 16.6. The van der Waals surface area contributed by atoms with E-state index in [-0.39, 0.29) is 17.5 Å². The molecule has 2 rings (SSSR count). The summed E-state index contributed by atoms with van der Waals surface area (Å²) in [7, 11) is 0. The topological polar surface area (TPSA) is 110 Å². The third kappa shape index (κ3) is 5.92. The van der Waals surface area contributed by atoms with E-state index in [2.05, 4.69) is 18.7 Å². The van der Waals surface area contributed by atoms with Crippen molar-refractivity contribution in [2.75, 3.05) is 31.1 Å². The summed E-state index contributed by atoms with van der Waals surface area (Å²) in [6.45, 7) is 8.51. The molecule has 0 saturated carbocycles. The number of nitrogens with zero attached hydrogens (tertiary/aromatic N) is 3. The Hall–Kier alpha value is -2.64. The number of carbonyl (C=O) groups is 2. The van der Waals surface area contributed by atoms with Crippen LogP contribution >= 0.6 is 0 Å².